The maximum atomic E-state index is 13.5. The van der Waals surface area contributed by atoms with E-state index in [0.29, 0.717) is 42.2 Å². The van der Waals surface area contributed by atoms with Crippen molar-refractivity contribution in [2.45, 2.75) is 48.0 Å². The Morgan fingerprint density at radius 2 is 1.70 bits per heavy atom. The van der Waals surface area contributed by atoms with Gasteiger partial charge in [0.2, 0.25) is 0 Å². The first-order chi connectivity index (χ1) is 17.7. The monoisotopic (exact) mass is 527 g/mol. The van der Waals surface area contributed by atoms with Crippen molar-refractivity contribution >= 4 is 15.5 Å². The van der Waals surface area contributed by atoms with Crippen molar-refractivity contribution in [2.75, 3.05) is 5.32 Å². The Labute approximate surface area is 212 Å². The first-order valence-corrected chi connectivity index (χ1v) is 13.3. The van der Waals surface area contributed by atoms with Crippen molar-refractivity contribution in [1.29, 1.82) is 4.78 Å². The molecule has 1 aliphatic carbocycles. The lowest BCUT2D eigenvalue weighted by atomic mass is 9.95. The van der Waals surface area contributed by atoms with E-state index in [1.807, 2.05) is 24.3 Å². The van der Waals surface area contributed by atoms with E-state index >= 15 is 0 Å². The number of anilines is 1. The lowest BCUT2D eigenvalue weighted by Crippen LogP contribution is -2.32. The van der Waals surface area contributed by atoms with Crippen LogP contribution in [0.2, 0.25) is 0 Å². The van der Waals surface area contributed by atoms with E-state index in [1.165, 1.54) is 6.07 Å². The van der Waals surface area contributed by atoms with Crippen LogP contribution in [-0.4, -0.2) is 40.5 Å². The van der Waals surface area contributed by atoms with E-state index in [2.05, 4.69) is 25.6 Å². The molecule has 0 bridgehead atoms. The SMILES string of the molecule is N=S(=O)(c1ccc(-c2ccnc(-n3ccnn3)c2)cc1)C1CCC(Nc2ccc(C(F)(F)F)cn2)CC1. The maximum Gasteiger partial charge on any atom is 0.417 e. The van der Waals surface area contributed by atoms with Crippen molar-refractivity contribution in [3.63, 3.8) is 0 Å². The van der Waals surface area contributed by atoms with E-state index in [1.54, 1.807) is 35.4 Å². The summed E-state index contributed by atoms with van der Waals surface area (Å²) in [6.07, 6.45) is 3.82. The molecule has 5 rings (SSSR count). The van der Waals surface area contributed by atoms with Crippen molar-refractivity contribution < 1.29 is 17.4 Å². The molecule has 1 atom stereocenters. The van der Waals surface area contributed by atoms with Gasteiger partial charge in [0.05, 0.1) is 27.7 Å². The third-order valence-corrected chi connectivity index (χ3v) is 8.91. The minimum atomic E-state index is -4.42. The second-order valence-corrected chi connectivity index (χ2v) is 11.3. The number of hydrogen-bond donors (Lipinski definition) is 2. The fourth-order valence-corrected chi connectivity index (χ4v) is 6.35. The Bertz CT molecular complexity index is 1450. The molecule has 8 nitrogen and oxygen atoms in total. The van der Waals surface area contributed by atoms with Gasteiger partial charge >= 0.3 is 6.18 Å². The van der Waals surface area contributed by atoms with Gasteiger partial charge in [-0.2, -0.15) is 13.2 Å². The fourth-order valence-electron chi connectivity index (χ4n) is 4.49. The van der Waals surface area contributed by atoms with Crippen molar-refractivity contribution in [3.05, 3.63) is 78.9 Å². The van der Waals surface area contributed by atoms with E-state index < -0.39 is 21.5 Å². The molecule has 1 aliphatic rings. The number of nitrogens with one attached hydrogen (secondary N) is 2. The number of aromatic nitrogens is 5. The summed E-state index contributed by atoms with van der Waals surface area (Å²) in [7, 11) is -3.03. The molecule has 0 amide bonds. The van der Waals surface area contributed by atoms with Gasteiger partial charge in [0.25, 0.3) is 0 Å². The lowest BCUT2D eigenvalue weighted by Gasteiger charge is -2.30. The number of alkyl halides is 3. The molecule has 2 N–H and O–H groups in total. The van der Waals surface area contributed by atoms with Gasteiger partial charge < -0.3 is 5.32 Å². The number of pyridine rings is 2. The van der Waals surface area contributed by atoms with Crippen LogP contribution < -0.4 is 5.32 Å². The molecule has 1 saturated carbocycles. The highest BCUT2D eigenvalue weighted by Gasteiger charge is 2.32. The Balaban J connectivity index is 1.22. The number of benzene rings is 1. The van der Waals surface area contributed by atoms with Crippen molar-refractivity contribution in [3.8, 4) is 16.9 Å². The van der Waals surface area contributed by atoms with Gasteiger partial charge in [-0.3, -0.25) is 0 Å². The molecular weight excluding hydrogens is 503 g/mol. The van der Waals surface area contributed by atoms with Gasteiger partial charge in [-0.15, -0.1) is 5.10 Å². The summed E-state index contributed by atoms with van der Waals surface area (Å²) in [4.78, 5) is 8.66. The van der Waals surface area contributed by atoms with Crippen LogP contribution in [0.4, 0.5) is 19.0 Å². The molecule has 37 heavy (non-hydrogen) atoms. The highest BCUT2D eigenvalue weighted by Crippen LogP contribution is 2.33. The molecule has 192 valence electrons. The lowest BCUT2D eigenvalue weighted by molar-refractivity contribution is -0.137. The molecule has 3 aromatic heterocycles. The zero-order valence-corrected chi connectivity index (χ0v) is 20.4. The second-order valence-electron chi connectivity index (χ2n) is 8.92. The average Bonchev–Trinajstić information content (AvgIpc) is 3.44. The summed E-state index contributed by atoms with van der Waals surface area (Å²) in [5.41, 5.74) is 1.02. The minimum absolute atomic E-state index is 0.00364. The second kappa shape index (κ2) is 9.92. The van der Waals surface area contributed by atoms with Crippen LogP contribution >= 0.6 is 0 Å². The van der Waals surface area contributed by atoms with Crippen LogP contribution in [-0.2, 0) is 15.9 Å². The van der Waals surface area contributed by atoms with E-state index in [4.69, 9.17) is 4.78 Å². The predicted octanol–water partition coefficient (Wildman–Crippen LogP) is 5.57. The third kappa shape index (κ3) is 5.48. The average molecular weight is 528 g/mol. The van der Waals surface area contributed by atoms with Gasteiger partial charge in [-0.25, -0.2) is 23.6 Å². The normalized spacial score (nSPS) is 19.8. The highest BCUT2D eigenvalue weighted by molar-refractivity contribution is 7.93. The summed E-state index contributed by atoms with van der Waals surface area (Å²) >= 11 is 0. The van der Waals surface area contributed by atoms with Crippen LogP contribution in [0.3, 0.4) is 0 Å². The van der Waals surface area contributed by atoms with Crippen LogP contribution in [0.25, 0.3) is 16.9 Å². The van der Waals surface area contributed by atoms with Crippen LogP contribution in [0.15, 0.2) is 78.2 Å². The zero-order valence-electron chi connectivity index (χ0n) is 19.6. The van der Waals surface area contributed by atoms with Gasteiger partial charge in [-0.05, 0) is 73.2 Å². The van der Waals surface area contributed by atoms with E-state index in [9.17, 15) is 17.4 Å². The van der Waals surface area contributed by atoms with Gasteiger partial charge in [0, 0.05) is 28.6 Å². The van der Waals surface area contributed by atoms with Gasteiger partial charge in [0.1, 0.15) is 5.82 Å². The minimum Gasteiger partial charge on any atom is -0.367 e. The topological polar surface area (TPSA) is 109 Å². The molecule has 0 aliphatic heterocycles. The van der Waals surface area contributed by atoms with E-state index in [0.717, 1.165) is 23.4 Å². The number of nitrogens with zero attached hydrogens (tertiary/aromatic N) is 5. The quantitative estimate of drug-likeness (QED) is 0.339. The first-order valence-electron chi connectivity index (χ1n) is 11.7. The molecular formula is C25H24F3N7OS. The van der Waals surface area contributed by atoms with Crippen LogP contribution in [0, 0.1) is 4.78 Å². The Morgan fingerprint density at radius 3 is 2.32 bits per heavy atom. The smallest absolute Gasteiger partial charge is 0.367 e. The summed E-state index contributed by atoms with van der Waals surface area (Å²) in [6, 6.07) is 13.3. The van der Waals surface area contributed by atoms with E-state index in [-0.39, 0.29) is 11.3 Å². The highest BCUT2D eigenvalue weighted by atomic mass is 32.2. The molecule has 1 unspecified atom stereocenters. The molecule has 4 aromatic rings. The van der Waals surface area contributed by atoms with Gasteiger partial charge in [0.15, 0.2) is 5.82 Å². The number of rotatable bonds is 6. The summed E-state index contributed by atoms with van der Waals surface area (Å²) in [5, 5.41) is 10.6. The maximum absolute atomic E-state index is 13.5. The molecule has 0 spiro atoms. The summed E-state index contributed by atoms with van der Waals surface area (Å²) in [5.74, 6) is 1.00. The Morgan fingerprint density at radius 1 is 0.946 bits per heavy atom. The van der Waals surface area contributed by atoms with Crippen molar-refractivity contribution in [2.24, 2.45) is 0 Å². The summed E-state index contributed by atoms with van der Waals surface area (Å²) < 4.78 is 62.0. The molecule has 12 heteroatoms. The zero-order chi connectivity index (χ0) is 26.0. The molecule has 0 radical (unpaired) electrons. The van der Waals surface area contributed by atoms with Crippen molar-refractivity contribution in [1.82, 2.24) is 25.0 Å². The fraction of sp³-hybridized carbons (Fsp3) is 0.280. The Kier molecular flexibility index (Phi) is 6.67. The number of halogens is 3. The molecule has 0 saturated heterocycles. The predicted molar refractivity (Wildman–Crippen MR) is 133 cm³/mol. The molecule has 1 fully saturated rings. The largest absolute Gasteiger partial charge is 0.417 e. The standard InChI is InChI=1S/C25H24F3N7OS/c26-25(27,28)19-3-10-23(31-16-19)33-20-4-8-22(9-5-20)37(29,36)21-6-1-17(2-7-21)18-11-12-30-24(15-18)35-14-13-32-34-35/h1-3,6-7,10-16,20,22,29H,4-5,8-9H2,(H,31,33). The Hall–Kier alpha value is -3.80. The third-order valence-electron chi connectivity index (χ3n) is 6.53. The summed E-state index contributed by atoms with van der Waals surface area (Å²) in [6.45, 7) is 0. The van der Waals surface area contributed by atoms with Crippen LogP contribution in [0.5, 0.6) is 0 Å². The first kappa shape index (κ1) is 24.9. The molecule has 3 heterocycles. The molecule has 1 aromatic carbocycles. The van der Waals surface area contributed by atoms with Crippen LogP contribution in [0.1, 0.15) is 31.2 Å². The van der Waals surface area contributed by atoms with Gasteiger partial charge in [-0.1, -0.05) is 17.3 Å². The number of hydrogen-bond acceptors (Lipinski definition) is 7.